The standard InChI is InChI=1S/C20H24F2N2O/c1-20(2)19(25)23(24(20)17-5-3-4-15(21)18(17)22)16-7-6-11-8-12-9-13(16)10-14(11)12/h3-5,11-14,16H,6-10H2,1-2H3. The van der Waals surface area contributed by atoms with Gasteiger partial charge in [-0.3, -0.25) is 9.80 Å². The first-order valence-electron chi connectivity index (χ1n) is 9.47. The molecule has 1 saturated heterocycles. The van der Waals surface area contributed by atoms with Gasteiger partial charge in [-0.15, -0.1) is 0 Å². The number of rotatable bonds is 2. The van der Waals surface area contributed by atoms with Crippen molar-refractivity contribution in [1.82, 2.24) is 5.01 Å². The number of fused-ring (bicyclic) bond motifs is 1. The molecule has 4 aliphatic rings. The first-order chi connectivity index (χ1) is 11.9. The van der Waals surface area contributed by atoms with Crippen LogP contribution in [-0.2, 0) is 4.79 Å². The number of hydrogen-bond acceptors (Lipinski definition) is 2. The second-order valence-electron chi connectivity index (χ2n) is 8.89. The van der Waals surface area contributed by atoms with Gasteiger partial charge >= 0.3 is 0 Å². The molecule has 1 aliphatic heterocycles. The summed E-state index contributed by atoms with van der Waals surface area (Å²) in [6.07, 6.45) is 5.88. The van der Waals surface area contributed by atoms with Crippen molar-refractivity contribution in [2.24, 2.45) is 23.7 Å². The molecule has 3 saturated carbocycles. The predicted octanol–water partition coefficient (Wildman–Crippen LogP) is 4.13. The molecule has 1 aromatic rings. The van der Waals surface area contributed by atoms with Crippen LogP contribution >= 0.6 is 0 Å². The molecule has 1 aromatic carbocycles. The van der Waals surface area contributed by atoms with Crippen molar-refractivity contribution in [3.63, 3.8) is 0 Å². The molecule has 1 amide bonds. The Morgan fingerprint density at radius 1 is 1.04 bits per heavy atom. The van der Waals surface area contributed by atoms with Crippen molar-refractivity contribution in [3.8, 4) is 0 Å². The molecule has 3 aliphatic carbocycles. The summed E-state index contributed by atoms with van der Waals surface area (Å²) in [6.45, 7) is 3.59. The van der Waals surface area contributed by atoms with Gasteiger partial charge in [0.05, 0.1) is 11.7 Å². The third-order valence-corrected chi connectivity index (χ3v) is 7.32. The lowest BCUT2D eigenvalue weighted by molar-refractivity contribution is -0.158. The summed E-state index contributed by atoms with van der Waals surface area (Å²) in [7, 11) is 0. The first kappa shape index (κ1) is 15.6. The molecule has 134 valence electrons. The Hall–Kier alpha value is -1.65. The Kier molecular flexibility index (Phi) is 3.09. The highest BCUT2D eigenvalue weighted by molar-refractivity contribution is 5.98. The summed E-state index contributed by atoms with van der Waals surface area (Å²) >= 11 is 0. The summed E-state index contributed by atoms with van der Waals surface area (Å²) in [5.74, 6) is 1.30. The quantitative estimate of drug-likeness (QED) is 0.804. The fourth-order valence-electron chi connectivity index (χ4n) is 6.07. The van der Waals surface area contributed by atoms with Crippen LogP contribution in [0.2, 0.25) is 0 Å². The zero-order valence-electron chi connectivity index (χ0n) is 14.7. The van der Waals surface area contributed by atoms with Gasteiger partial charge in [0.25, 0.3) is 5.91 Å². The molecular formula is C20H24F2N2O. The molecule has 0 radical (unpaired) electrons. The summed E-state index contributed by atoms with van der Waals surface area (Å²) in [5.41, 5.74) is -0.657. The second-order valence-corrected chi connectivity index (χ2v) is 8.89. The highest BCUT2D eigenvalue weighted by atomic mass is 19.2. The van der Waals surface area contributed by atoms with Crippen molar-refractivity contribution < 1.29 is 13.6 Å². The highest BCUT2D eigenvalue weighted by Crippen LogP contribution is 2.60. The van der Waals surface area contributed by atoms with Gasteiger partial charge in [0.2, 0.25) is 0 Å². The van der Waals surface area contributed by atoms with Crippen LogP contribution in [0, 0.1) is 35.3 Å². The van der Waals surface area contributed by atoms with Crippen LogP contribution in [0.15, 0.2) is 18.2 Å². The minimum absolute atomic E-state index is 0.0279. The maximum Gasteiger partial charge on any atom is 0.268 e. The number of carbonyl (C=O) groups is 1. The van der Waals surface area contributed by atoms with E-state index in [1.807, 2.05) is 0 Å². The van der Waals surface area contributed by atoms with E-state index in [9.17, 15) is 13.6 Å². The SMILES string of the molecule is CC1(C)C(=O)N(C2CCC3CC4CC2CC34)N1c1cccc(F)c1F. The molecule has 5 atom stereocenters. The van der Waals surface area contributed by atoms with Gasteiger partial charge in [-0.25, -0.2) is 13.8 Å². The summed E-state index contributed by atoms with van der Waals surface area (Å²) in [4.78, 5) is 12.9. The maximum atomic E-state index is 14.5. The Labute approximate surface area is 146 Å². The van der Waals surface area contributed by atoms with Crippen LogP contribution in [0.4, 0.5) is 14.5 Å². The van der Waals surface area contributed by atoms with E-state index in [1.165, 1.54) is 25.3 Å². The number of hydrogen-bond donors (Lipinski definition) is 0. The van der Waals surface area contributed by atoms with E-state index in [1.54, 1.807) is 29.9 Å². The topological polar surface area (TPSA) is 23.6 Å². The van der Waals surface area contributed by atoms with Crippen molar-refractivity contribution >= 4 is 11.6 Å². The van der Waals surface area contributed by atoms with E-state index < -0.39 is 17.2 Å². The molecule has 25 heavy (non-hydrogen) atoms. The number of nitrogens with zero attached hydrogens (tertiary/aromatic N) is 2. The summed E-state index contributed by atoms with van der Waals surface area (Å²) in [6, 6.07) is 4.34. The van der Waals surface area contributed by atoms with Crippen LogP contribution in [0.3, 0.4) is 0 Å². The minimum atomic E-state index is -0.867. The monoisotopic (exact) mass is 346 g/mol. The smallest absolute Gasteiger partial charge is 0.268 e. The van der Waals surface area contributed by atoms with Crippen molar-refractivity contribution in [1.29, 1.82) is 0 Å². The van der Waals surface area contributed by atoms with E-state index in [4.69, 9.17) is 0 Å². The number of benzene rings is 1. The van der Waals surface area contributed by atoms with Gasteiger partial charge in [0, 0.05) is 0 Å². The lowest BCUT2D eigenvalue weighted by atomic mass is 9.64. The molecule has 3 nitrogen and oxygen atoms in total. The molecular weight excluding hydrogens is 322 g/mol. The van der Waals surface area contributed by atoms with Gasteiger partial charge in [0.1, 0.15) is 5.54 Å². The molecule has 5 heteroatoms. The van der Waals surface area contributed by atoms with Crippen LogP contribution < -0.4 is 5.01 Å². The highest BCUT2D eigenvalue weighted by Gasteiger charge is 2.60. The molecule has 0 aromatic heterocycles. The molecule has 5 rings (SSSR count). The average Bonchev–Trinajstić information content (AvgIpc) is 2.80. The number of anilines is 1. The fourth-order valence-corrected chi connectivity index (χ4v) is 6.07. The molecule has 0 N–H and O–H groups in total. The normalized spacial score (nSPS) is 38.2. The largest absolute Gasteiger partial charge is 0.270 e. The molecule has 2 bridgehead atoms. The van der Waals surface area contributed by atoms with Crippen molar-refractivity contribution in [2.75, 3.05) is 5.01 Å². The van der Waals surface area contributed by atoms with E-state index in [0.717, 1.165) is 36.7 Å². The van der Waals surface area contributed by atoms with Gasteiger partial charge in [-0.2, -0.15) is 0 Å². The predicted molar refractivity (Wildman–Crippen MR) is 90.6 cm³/mol. The van der Waals surface area contributed by atoms with E-state index in [0.29, 0.717) is 5.92 Å². The van der Waals surface area contributed by atoms with Gasteiger partial charge < -0.3 is 0 Å². The van der Waals surface area contributed by atoms with Crippen molar-refractivity contribution in [2.45, 2.75) is 57.5 Å². The average molecular weight is 346 g/mol. The molecule has 4 fully saturated rings. The lowest BCUT2D eigenvalue weighted by Crippen LogP contribution is -2.78. The van der Waals surface area contributed by atoms with Crippen molar-refractivity contribution in [3.05, 3.63) is 29.8 Å². The number of amides is 1. The molecule has 0 spiro atoms. The number of carbonyl (C=O) groups excluding carboxylic acids is 1. The van der Waals surface area contributed by atoms with E-state index >= 15 is 0 Å². The Morgan fingerprint density at radius 2 is 1.80 bits per heavy atom. The lowest BCUT2D eigenvalue weighted by Gasteiger charge is -2.60. The van der Waals surface area contributed by atoms with Crippen LogP contribution in [0.1, 0.15) is 46.0 Å². The minimum Gasteiger partial charge on any atom is -0.270 e. The van der Waals surface area contributed by atoms with Gasteiger partial charge in [-0.05, 0) is 81.8 Å². The fraction of sp³-hybridized carbons (Fsp3) is 0.650. The zero-order chi connectivity index (χ0) is 17.5. The number of halogens is 2. The third-order valence-electron chi connectivity index (χ3n) is 7.32. The molecule has 1 heterocycles. The summed E-state index contributed by atoms with van der Waals surface area (Å²) in [5, 5.41) is 3.47. The van der Waals surface area contributed by atoms with Crippen LogP contribution in [0.5, 0.6) is 0 Å². The molecule has 5 unspecified atom stereocenters. The van der Waals surface area contributed by atoms with Gasteiger partial charge in [-0.1, -0.05) is 6.07 Å². The second kappa shape index (κ2) is 4.95. The van der Waals surface area contributed by atoms with Gasteiger partial charge in [0.15, 0.2) is 11.6 Å². The Bertz CT molecular complexity index is 749. The van der Waals surface area contributed by atoms with Crippen LogP contribution in [-0.4, -0.2) is 22.5 Å². The van der Waals surface area contributed by atoms with E-state index in [-0.39, 0.29) is 17.6 Å². The third kappa shape index (κ3) is 1.92. The maximum absolute atomic E-state index is 14.5. The summed E-state index contributed by atoms with van der Waals surface area (Å²) < 4.78 is 28.3. The number of hydrazine groups is 1. The van der Waals surface area contributed by atoms with E-state index in [2.05, 4.69) is 0 Å². The zero-order valence-corrected chi connectivity index (χ0v) is 14.7. The van der Waals surface area contributed by atoms with Crippen LogP contribution in [0.25, 0.3) is 0 Å². The Morgan fingerprint density at radius 3 is 2.60 bits per heavy atom. The first-order valence-corrected chi connectivity index (χ1v) is 9.47. The Balaban J connectivity index is 1.51.